The number of piperidine rings is 1. The Labute approximate surface area is 239 Å². The minimum absolute atomic E-state index is 0.0282. The summed E-state index contributed by atoms with van der Waals surface area (Å²) in [5.74, 6) is -4.82. The molecule has 2 unspecified atom stereocenters. The van der Waals surface area contributed by atoms with Crippen LogP contribution in [-0.4, -0.2) is 57.7 Å². The molecule has 0 bridgehead atoms. The van der Waals surface area contributed by atoms with Gasteiger partial charge in [-0.2, -0.15) is 0 Å². The van der Waals surface area contributed by atoms with Gasteiger partial charge in [-0.05, 0) is 57.8 Å². The number of imide groups is 1. The number of carbonyl (C=O) groups excluding carboxylic acids is 3. The summed E-state index contributed by atoms with van der Waals surface area (Å²) in [7, 11) is 0. The Hall–Kier alpha value is -3.30. The fourth-order valence-corrected chi connectivity index (χ4v) is 4.69. The van der Waals surface area contributed by atoms with Crippen LogP contribution >= 0.6 is 0 Å². The molecular weight excluding hydrogens is 487 g/mol. The fourth-order valence-electron chi connectivity index (χ4n) is 4.69. The smallest absolute Gasteiger partial charge is 0.255 e. The zero-order valence-corrected chi connectivity index (χ0v) is 21.0. The van der Waals surface area contributed by atoms with Crippen LogP contribution in [0.15, 0.2) is 36.4 Å². The van der Waals surface area contributed by atoms with Crippen LogP contribution in [0.5, 0.6) is 0 Å². The lowest BCUT2D eigenvalue weighted by Gasteiger charge is -2.47. The summed E-state index contributed by atoms with van der Waals surface area (Å²) >= 11 is 0. The molecule has 3 aliphatic rings. The Morgan fingerprint density at radius 2 is 2.00 bits per heavy atom. The van der Waals surface area contributed by atoms with Gasteiger partial charge in [-0.3, -0.25) is 24.6 Å². The number of hydrogen-bond donors (Lipinski definition) is 2. The molecule has 2 atom stereocenters. The van der Waals surface area contributed by atoms with Crippen molar-refractivity contribution in [2.45, 2.75) is 77.2 Å². The van der Waals surface area contributed by atoms with Crippen molar-refractivity contribution in [2.24, 2.45) is 0 Å². The fraction of sp³-hybridized carbons (Fsp3) is 0.483. The molecule has 0 radical (unpaired) electrons. The number of amides is 3. The van der Waals surface area contributed by atoms with Gasteiger partial charge in [-0.25, -0.2) is 4.39 Å². The molecule has 0 aromatic heterocycles. The highest BCUT2D eigenvalue weighted by Crippen LogP contribution is 2.33. The SMILES string of the molecule is [2H]C([2H])([2H])C1(C)OC(C)(C)C([2H])([2H])N(Cc2ccc(CNc3cccc4c3CN(C3([2H])C(=O)NC(=O)C([2H])([2H])C3([2H])[2H])C4=O)c(F)c2)C1([2H])[2H]. The van der Waals surface area contributed by atoms with Crippen LogP contribution in [0.2, 0.25) is 0 Å². The lowest BCUT2D eigenvalue weighted by molar-refractivity contribution is -0.182. The topological polar surface area (TPSA) is 91.0 Å². The van der Waals surface area contributed by atoms with E-state index in [1.165, 1.54) is 44.2 Å². The highest BCUT2D eigenvalue weighted by molar-refractivity contribution is 6.06. The number of halogens is 1. The Balaban J connectivity index is 1.38. The number of carbonyl (C=O) groups is 3. The standard InChI is InChI=1S/C29H35FN4O4/c1-28(2)16-33(17-29(3,4)38-28)14-18-8-9-19(22(30)12-18)13-31-23-7-5-6-20-21(23)15-34(27(20)37)24-10-11-25(35)32-26(24)36/h5-9,12,24,31H,10-11,13-17H2,1-4H3,(H,32,35,36)/i1D3,10D2,11D2,16D2,17D2,24D. The molecule has 5 rings (SSSR count). The molecule has 2 aromatic carbocycles. The zero-order chi connectivity index (χ0) is 37.8. The van der Waals surface area contributed by atoms with Crippen molar-refractivity contribution in [1.82, 2.24) is 15.1 Å². The van der Waals surface area contributed by atoms with Gasteiger partial charge < -0.3 is 15.0 Å². The minimum Gasteiger partial charge on any atom is -0.381 e. The van der Waals surface area contributed by atoms with Crippen molar-refractivity contribution in [3.05, 3.63) is 64.5 Å². The van der Waals surface area contributed by atoms with Crippen LogP contribution in [0.1, 0.15) is 83.9 Å². The molecule has 8 nitrogen and oxygen atoms in total. The molecule has 0 saturated carbocycles. The monoisotopic (exact) mass is 534 g/mol. The quantitative estimate of drug-likeness (QED) is 0.551. The summed E-state index contributed by atoms with van der Waals surface area (Å²) in [4.78, 5) is 39.6. The van der Waals surface area contributed by atoms with E-state index in [0.29, 0.717) is 9.80 Å². The Bertz CT molecular complexity index is 1790. The van der Waals surface area contributed by atoms with E-state index in [-0.39, 0.29) is 34.5 Å². The second-order valence-corrected chi connectivity index (χ2v) is 9.84. The van der Waals surface area contributed by atoms with Gasteiger partial charge in [0.2, 0.25) is 11.8 Å². The van der Waals surface area contributed by atoms with E-state index in [2.05, 4.69) is 5.32 Å². The number of benzene rings is 2. The first kappa shape index (κ1) is 15.3. The molecule has 3 aliphatic heterocycles. The summed E-state index contributed by atoms with van der Waals surface area (Å²) in [6.07, 6.45) is -6.78. The van der Waals surface area contributed by atoms with Gasteiger partial charge in [0.05, 0.1) is 12.6 Å². The number of nitrogens with one attached hydrogen (secondary N) is 2. The average Bonchev–Trinajstić information content (AvgIpc) is 3.33. The van der Waals surface area contributed by atoms with Gasteiger partial charge in [-0.15, -0.1) is 0 Å². The number of hydrogen-bond acceptors (Lipinski definition) is 6. The molecule has 3 amide bonds. The third kappa shape index (κ3) is 5.44. The molecule has 9 heteroatoms. The van der Waals surface area contributed by atoms with E-state index in [1.807, 2.05) is 0 Å². The van der Waals surface area contributed by atoms with E-state index in [9.17, 15) is 14.4 Å². The van der Waals surface area contributed by atoms with Crippen molar-refractivity contribution in [2.75, 3.05) is 18.3 Å². The summed E-state index contributed by atoms with van der Waals surface area (Å²) in [6.45, 7) is -5.97. The molecule has 2 fully saturated rings. The molecule has 0 spiro atoms. The molecule has 2 N–H and O–H groups in total. The molecule has 0 aliphatic carbocycles. The van der Waals surface area contributed by atoms with Crippen LogP contribution < -0.4 is 10.6 Å². The summed E-state index contributed by atoms with van der Waals surface area (Å²) in [5.41, 5.74) is -3.59. The average molecular weight is 535 g/mol. The summed E-state index contributed by atoms with van der Waals surface area (Å²) < 4.78 is 121. The van der Waals surface area contributed by atoms with Crippen molar-refractivity contribution in [3.8, 4) is 0 Å². The highest BCUT2D eigenvalue weighted by atomic mass is 19.1. The van der Waals surface area contributed by atoms with Crippen LogP contribution in [0.4, 0.5) is 10.1 Å². The summed E-state index contributed by atoms with van der Waals surface area (Å²) in [5, 5.41) is 4.62. The Kier molecular flexibility index (Phi) is 3.95. The van der Waals surface area contributed by atoms with Crippen molar-refractivity contribution in [1.29, 1.82) is 0 Å². The van der Waals surface area contributed by atoms with E-state index >= 15 is 4.39 Å². The van der Waals surface area contributed by atoms with E-state index in [0.717, 1.165) is 13.0 Å². The Morgan fingerprint density at radius 1 is 1.21 bits per heavy atom. The van der Waals surface area contributed by atoms with E-state index in [1.54, 1.807) is 5.32 Å². The van der Waals surface area contributed by atoms with Gasteiger partial charge in [-0.1, -0.05) is 18.2 Å². The summed E-state index contributed by atoms with van der Waals surface area (Å²) in [6, 6.07) is 5.00. The van der Waals surface area contributed by atoms with Crippen LogP contribution in [0.3, 0.4) is 0 Å². The normalized spacial score (nSPS) is 37.6. The number of morpholine rings is 1. The lowest BCUT2D eigenvalue weighted by Crippen LogP contribution is -2.56. The maximum absolute atomic E-state index is 15.5. The van der Waals surface area contributed by atoms with Gasteiger partial charge in [0.25, 0.3) is 5.91 Å². The molecule has 3 heterocycles. The lowest BCUT2D eigenvalue weighted by atomic mass is 9.98. The second-order valence-electron chi connectivity index (χ2n) is 9.84. The minimum atomic E-state index is -3.45. The first-order valence-corrected chi connectivity index (χ1v) is 11.9. The van der Waals surface area contributed by atoms with Crippen molar-refractivity contribution in [3.63, 3.8) is 0 Å². The zero-order valence-electron chi connectivity index (χ0n) is 33.0. The molecule has 2 aromatic rings. The molecular formula is C29H35FN4O4. The first-order valence-electron chi connectivity index (χ1n) is 17.9. The van der Waals surface area contributed by atoms with Gasteiger partial charge >= 0.3 is 0 Å². The predicted octanol–water partition coefficient (Wildman–Crippen LogP) is 3.59. The van der Waals surface area contributed by atoms with Gasteiger partial charge in [0, 0.05) is 76.5 Å². The van der Waals surface area contributed by atoms with Crippen LogP contribution in [0, 0.1) is 5.82 Å². The van der Waals surface area contributed by atoms with E-state index < -0.39 is 86.4 Å². The van der Waals surface area contributed by atoms with Crippen molar-refractivity contribution >= 4 is 23.4 Å². The molecule has 2 saturated heterocycles. The molecule has 202 valence electrons. The maximum atomic E-state index is 15.5. The predicted molar refractivity (Wildman–Crippen MR) is 141 cm³/mol. The van der Waals surface area contributed by atoms with Crippen molar-refractivity contribution < 1.29 is 40.0 Å². The number of nitrogens with zero attached hydrogens (tertiary/aromatic N) is 2. The Morgan fingerprint density at radius 3 is 2.76 bits per heavy atom. The van der Waals surface area contributed by atoms with E-state index in [4.69, 9.17) is 21.2 Å². The first-order chi connectivity index (χ1) is 22.6. The maximum Gasteiger partial charge on any atom is 0.255 e. The largest absolute Gasteiger partial charge is 0.381 e. The van der Waals surface area contributed by atoms with Crippen LogP contribution in [-0.2, 0) is 34.0 Å². The van der Waals surface area contributed by atoms with Gasteiger partial charge in [0.15, 0.2) is 0 Å². The van der Waals surface area contributed by atoms with Crippen LogP contribution in [0.25, 0.3) is 0 Å². The number of ether oxygens (including phenoxy) is 1. The van der Waals surface area contributed by atoms with Gasteiger partial charge in [0.1, 0.15) is 11.8 Å². The number of fused-ring (bicyclic) bond motifs is 1. The third-order valence-corrected chi connectivity index (χ3v) is 6.11. The highest BCUT2D eigenvalue weighted by Gasteiger charge is 2.40. The third-order valence-electron chi connectivity index (χ3n) is 6.11. The number of anilines is 1. The second kappa shape index (κ2) is 9.78. The molecule has 38 heavy (non-hydrogen) atoms. The number of rotatable bonds is 6.